The molecule has 4 atom stereocenters. The average molecular weight is 184 g/mol. The summed E-state index contributed by atoms with van der Waals surface area (Å²) >= 11 is 0. The molecule has 3 nitrogen and oxygen atoms in total. The minimum Gasteiger partial charge on any atom is -0.459 e. The number of fused-ring (bicyclic) bond motifs is 1. The van der Waals surface area contributed by atoms with Gasteiger partial charge in [-0.15, -0.1) is 0 Å². The molecule has 0 amide bonds. The Kier molecular flexibility index (Phi) is 2.06. The van der Waals surface area contributed by atoms with E-state index < -0.39 is 0 Å². The summed E-state index contributed by atoms with van der Waals surface area (Å²) in [5.74, 6) is 0.778. The maximum Gasteiger partial charge on any atom is 0.308 e. The van der Waals surface area contributed by atoms with Crippen molar-refractivity contribution in [1.29, 1.82) is 0 Å². The van der Waals surface area contributed by atoms with Crippen LogP contribution in [-0.2, 0) is 14.3 Å². The molecule has 0 bridgehead atoms. The summed E-state index contributed by atoms with van der Waals surface area (Å²) < 4.78 is 10.9. The van der Waals surface area contributed by atoms with Crippen molar-refractivity contribution in [1.82, 2.24) is 0 Å². The van der Waals surface area contributed by atoms with Crippen LogP contribution in [0.4, 0.5) is 0 Å². The van der Waals surface area contributed by atoms with Crippen LogP contribution in [0.3, 0.4) is 0 Å². The van der Waals surface area contributed by atoms with Crippen LogP contribution in [0.1, 0.15) is 27.2 Å². The molecule has 0 aromatic rings. The second-order valence-corrected chi connectivity index (χ2v) is 4.36. The lowest BCUT2D eigenvalue weighted by atomic mass is 9.87. The smallest absolute Gasteiger partial charge is 0.308 e. The normalized spacial score (nSPS) is 43.8. The highest BCUT2D eigenvalue weighted by Gasteiger charge is 2.50. The third kappa shape index (κ3) is 1.35. The molecule has 0 spiro atoms. The zero-order valence-corrected chi connectivity index (χ0v) is 8.32. The van der Waals surface area contributed by atoms with E-state index in [2.05, 4.69) is 20.8 Å². The van der Waals surface area contributed by atoms with Gasteiger partial charge >= 0.3 is 5.97 Å². The largest absolute Gasteiger partial charge is 0.459 e. The monoisotopic (exact) mass is 184 g/mol. The number of carbonyl (C=O) groups excluding carboxylic acids is 1. The number of hydrogen-bond donors (Lipinski definition) is 0. The van der Waals surface area contributed by atoms with Crippen LogP contribution >= 0.6 is 0 Å². The molecule has 1 unspecified atom stereocenters. The molecule has 0 N–H and O–H groups in total. The Morgan fingerprint density at radius 2 is 2.15 bits per heavy atom. The number of rotatable bonds is 1. The van der Waals surface area contributed by atoms with Crippen LogP contribution in [0.2, 0.25) is 0 Å². The Bertz CT molecular complexity index is 224. The van der Waals surface area contributed by atoms with Crippen molar-refractivity contribution in [2.24, 2.45) is 11.8 Å². The molecule has 0 radical (unpaired) electrons. The summed E-state index contributed by atoms with van der Waals surface area (Å²) in [6.45, 7) is 6.37. The zero-order chi connectivity index (χ0) is 9.59. The van der Waals surface area contributed by atoms with E-state index in [4.69, 9.17) is 9.47 Å². The van der Waals surface area contributed by atoms with Crippen LogP contribution in [0.5, 0.6) is 0 Å². The van der Waals surface area contributed by atoms with Crippen molar-refractivity contribution in [2.75, 3.05) is 0 Å². The quantitative estimate of drug-likeness (QED) is 0.577. The Morgan fingerprint density at radius 1 is 1.46 bits per heavy atom. The first kappa shape index (κ1) is 9.00. The maximum absolute atomic E-state index is 11.0. The minimum atomic E-state index is -0.104. The highest BCUT2D eigenvalue weighted by Crippen LogP contribution is 2.39. The van der Waals surface area contributed by atoms with Crippen molar-refractivity contribution in [3.63, 3.8) is 0 Å². The van der Waals surface area contributed by atoms with Gasteiger partial charge in [0.05, 0.1) is 12.5 Å². The number of carbonyl (C=O) groups is 1. The van der Waals surface area contributed by atoms with Gasteiger partial charge < -0.3 is 9.47 Å². The second kappa shape index (κ2) is 2.98. The first-order valence-corrected chi connectivity index (χ1v) is 4.94. The van der Waals surface area contributed by atoms with Gasteiger partial charge in [0.1, 0.15) is 12.2 Å². The maximum atomic E-state index is 11.0. The fourth-order valence-corrected chi connectivity index (χ4v) is 2.56. The molecule has 13 heavy (non-hydrogen) atoms. The van der Waals surface area contributed by atoms with Crippen molar-refractivity contribution >= 4 is 5.97 Å². The summed E-state index contributed by atoms with van der Waals surface area (Å²) in [5, 5.41) is 0. The molecule has 0 aromatic heterocycles. The predicted molar refractivity (Wildman–Crippen MR) is 47.2 cm³/mol. The van der Waals surface area contributed by atoms with Gasteiger partial charge in [-0.05, 0) is 12.8 Å². The molecule has 74 valence electrons. The van der Waals surface area contributed by atoms with Gasteiger partial charge in [-0.3, -0.25) is 4.79 Å². The first-order chi connectivity index (χ1) is 6.09. The minimum absolute atomic E-state index is 0.0162. The highest BCUT2D eigenvalue weighted by atomic mass is 16.6. The van der Waals surface area contributed by atoms with Crippen molar-refractivity contribution in [3.05, 3.63) is 0 Å². The highest BCUT2D eigenvalue weighted by molar-refractivity contribution is 5.72. The number of ether oxygens (including phenoxy) is 2. The van der Waals surface area contributed by atoms with E-state index in [1.54, 1.807) is 0 Å². The molecular weight excluding hydrogens is 168 g/mol. The van der Waals surface area contributed by atoms with E-state index in [1.165, 1.54) is 0 Å². The molecule has 3 heteroatoms. The number of hydrogen-bond acceptors (Lipinski definition) is 3. The van der Waals surface area contributed by atoms with E-state index in [1.807, 2.05) is 0 Å². The Hall–Kier alpha value is -0.570. The van der Waals surface area contributed by atoms with Gasteiger partial charge in [0.2, 0.25) is 0 Å². The molecule has 2 rings (SSSR count). The van der Waals surface area contributed by atoms with Gasteiger partial charge in [0.15, 0.2) is 0 Å². The van der Waals surface area contributed by atoms with Crippen LogP contribution in [-0.4, -0.2) is 24.3 Å². The summed E-state index contributed by atoms with van der Waals surface area (Å²) in [6.07, 6.45) is 0.707. The SMILES string of the molecule is CC(C)[C@@H]1C(C)O[C@@H]2CC(=O)O[C@H]12. The van der Waals surface area contributed by atoms with E-state index >= 15 is 0 Å². The van der Waals surface area contributed by atoms with E-state index in [0.717, 1.165) is 0 Å². The lowest BCUT2D eigenvalue weighted by Gasteiger charge is -2.22. The van der Waals surface area contributed by atoms with Gasteiger partial charge in [-0.1, -0.05) is 13.8 Å². The third-order valence-corrected chi connectivity index (χ3v) is 3.08. The van der Waals surface area contributed by atoms with Gasteiger partial charge in [-0.2, -0.15) is 0 Å². The second-order valence-electron chi connectivity index (χ2n) is 4.36. The standard InChI is InChI=1S/C10H16O3/c1-5(2)9-6(3)12-7-4-8(11)13-10(7)9/h5-7,9-10H,4H2,1-3H3/t6?,7-,9-,10+/m1/s1. The molecule has 2 saturated heterocycles. The molecule has 2 aliphatic rings. The van der Waals surface area contributed by atoms with E-state index in [9.17, 15) is 4.79 Å². The third-order valence-electron chi connectivity index (χ3n) is 3.08. The van der Waals surface area contributed by atoms with Gasteiger partial charge in [-0.25, -0.2) is 0 Å². The van der Waals surface area contributed by atoms with E-state index in [-0.39, 0.29) is 24.3 Å². The topological polar surface area (TPSA) is 35.5 Å². The Balaban J connectivity index is 2.14. The lowest BCUT2D eigenvalue weighted by molar-refractivity contribution is -0.143. The van der Waals surface area contributed by atoms with Crippen LogP contribution in [0.25, 0.3) is 0 Å². The van der Waals surface area contributed by atoms with Gasteiger partial charge in [0.25, 0.3) is 0 Å². The molecule has 0 aromatic carbocycles. The summed E-state index contributed by atoms with van der Waals surface area (Å²) in [4.78, 5) is 11.0. The van der Waals surface area contributed by atoms with Crippen LogP contribution in [0.15, 0.2) is 0 Å². The lowest BCUT2D eigenvalue weighted by Crippen LogP contribution is -2.29. The Labute approximate surface area is 78.4 Å². The molecule has 0 aliphatic carbocycles. The first-order valence-electron chi connectivity index (χ1n) is 4.94. The molecular formula is C10H16O3. The number of esters is 1. The molecule has 2 heterocycles. The van der Waals surface area contributed by atoms with Crippen molar-refractivity contribution in [3.8, 4) is 0 Å². The summed E-state index contributed by atoms with van der Waals surface area (Å²) in [6, 6.07) is 0. The fraction of sp³-hybridized carbons (Fsp3) is 0.900. The van der Waals surface area contributed by atoms with Gasteiger partial charge in [0, 0.05) is 5.92 Å². The van der Waals surface area contributed by atoms with Crippen molar-refractivity contribution in [2.45, 2.75) is 45.5 Å². The van der Waals surface area contributed by atoms with Crippen molar-refractivity contribution < 1.29 is 14.3 Å². The predicted octanol–water partition coefficient (Wildman–Crippen LogP) is 1.36. The average Bonchev–Trinajstić information content (AvgIpc) is 2.41. The molecule has 2 fully saturated rings. The van der Waals surface area contributed by atoms with Crippen LogP contribution < -0.4 is 0 Å². The summed E-state index contributed by atoms with van der Waals surface area (Å²) in [7, 11) is 0. The Morgan fingerprint density at radius 3 is 2.77 bits per heavy atom. The fourth-order valence-electron chi connectivity index (χ4n) is 2.56. The molecule has 2 aliphatic heterocycles. The van der Waals surface area contributed by atoms with Crippen LogP contribution in [0, 0.1) is 11.8 Å². The zero-order valence-electron chi connectivity index (χ0n) is 8.32. The summed E-state index contributed by atoms with van der Waals surface area (Å²) in [5.41, 5.74) is 0. The molecule has 0 saturated carbocycles. The van der Waals surface area contributed by atoms with E-state index in [0.29, 0.717) is 18.3 Å².